The van der Waals surface area contributed by atoms with Crippen molar-refractivity contribution in [3.8, 4) is 17.0 Å². The molecule has 3 heterocycles. The number of fused-ring (bicyclic) bond motifs is 1. The molecule has 0 aliphatic carbocycles. The van der Waals surface area contributed by atoms with Crippen LogP contribution in [-0.2, 0) is 10.0 Å². The highest BCUT2D eigenvalue weighted by Crippen LogP contribution is 2.39. The summed E-state index contributed by atoms with van der Waals surface area (Å²) < 4.78 is 31.4. The molecule has 2 aromatic heterocycles. The van der Waals surface area contributed by atoms with E-state index in [1.807, 2.05) is 30.3 Å². The van der Waals surface area contributed by atoms with Crippen molar-refractivity contribution in [2.24, 2.45) is 0 Å². The molecule has 4 rings (SSSR count). The normalized spacial score (nSPS) is 15.9. The lowest BCUT2D eigenvalue weighted by atomic mass is 10.1. The average Bonchev–Trinajstić information content (AvgIpc) is 3.06. The second-order valence-electron chi connectivity index (χ2n) is 6.78. The van der Waals surface area contributed by atoms with E-state index >= 15 is 0 Å². The Hall–Kier alpha value is -2.10. The second kappa shape index (κ2) is 7.38. The maximum atomic E-state index is 11.9. The van der Waals surface area contributed by atoms with Crippen LogP contribution in [0, 0.1) is 0 Å². The summed E-state index contributed by atoms with van der Waals surface area (Å²) >= 11 is 3.51. The number of benzene rings is 1. The minimum atomic E-state index is -3.17. The third kappa shape index (κ3) is 3.61. The van der Waals surface area contributed by atoms with Gasteiger partial charge < -0.3 is 14.6 Å². The number of sulfonamides is 1. The van der Waals surface area contributed by atoms with Gasteiger partial charge in [0.05, 0.1) is 24.7 Å². The monoisotopic (exact) mass is 464 g/mol. The first-order valence-corrected chi connectivity index (χ1v) is 11.5. The number of hydrogen-bond acceptors (Lipinski definition) is 5. The van der Waals surface area contributed by atoms with E-state index in [9.17, 15) is 8.42 Å². The van der Waals surface area contributed by atoms with E-state index in [2.05, 4.69) is 30.8 Å². The summed E-state index contributed by atoms with van der Waals surface area (Å²) in [5, 5.41) is 1.01. The third-order valence-corrected chi connectivity index (χ3v) is 6.73. The van der Waals surface area contributed by atoms with E-state index in [4.69, 9.17) is 4.74 Å². The third-order valence-electron chi connectivity index (χ3n) is 4.99. The summed E-state index contributed by atoms with van der Waals surface area (Å²) in [5.74, 6) is 0.795. The van der Waals surface area contributed by atoms with E-state index in [0.717, 1.165) is 38.2 Å². The molecule has 0 radical (unpaired) electrons. The van der Waals surface area contributed by atoms with E-state index in [-0.39, 0.29) is 0 Å². The van der Waals surface area contributed by atoms with Crippen LogP contribution < -0.4 is 9.64 Å². The van der Waals surface area contributed by atoms with Gasteiger partial charge in [-0.05, 0) is 46.3 Å². The van der Waals surface area contributed by atoms with Crippen LogP contribution in [0.25, 0.3) is 22.3 Å². The molecule has 1 aliphatic rings. The number of aromatic nitrogens is 2. The molecule has 0 atom stereocenters. The zero-order valence-electron chi connectivity index (χ0n) is 15.6. The van der Waals surface area contributed by atoms with Crippen LogP contribution in [0.1, 0.15) is 0 Å². The number of hydrogen-bond donors (Lipinski definition) is 1. The topological polar surface area (TPSA) is 78.5 Å². The van der Waals surface area contributed by atoms with Crippen molar-refractivity contribution >= 4 is 42.7 Å². The fourth-order valence-corrected chi connectivity index (χ4v) is 4.73. The van der Waals surface area contributed by atoms with Gasteiger partial charge in [0.25, 0.3) is 0 Å². The quantitative estimate of drug-likeness (QED) is 0.641. The molecule has 0 bridgehead atoms. The van der Waals surface area contributed by atoms with Crippen LogP contribution in [0.3, 0.4) is 0 Å². The Balaban J connectivity index is 1.78. The number of rotatable bonds is 4. The zero-order valence-corrected chi connectivity index (χ0v) is 18.0. The molecule has 0 saturated carbocycles. The maximum absolute atomic E-state index is 11.9. The molecule has 148 valence electrons. The van der Waals surface area contributed by atoms with Gasteiger partial charge >= 0.3 is 0 Å². The molecule has 3 aromatic rings. The summed E-state index contributed by atoms with van der Waals surface area (Å²) in [5.41, 5.74) is 3.84. The lowest BCUT2D eigenvalue weighted by molar-refractivity contribution is 0.388. The minimum Gasteiger partial charge on any atom is -0.497 e. The summed E-state index contributed by atoms with van der Waals surface area (Å²) in [4.78, 5) is 10.2. The molecule has 1 aliphatic heterocycles. The molecule has 0 unspecified atom stereocenters. The van der Waals surface area contributed by atoms with Crippen LogP contribution in [0.2, 0.25) is 0 Å². The Kier molecular flexibility index (Phi) is 5.07. The number of nitrogens with zero attached hydrogens (tertiary/aromatic N) is 3. The van der Waals surface area contributed by atoms with E-state index in [1.165, 1.54) is 10.6 Å². The van der Waals surface area contributed by atoms with Crippen molar-refractivity contribution in [3.05, 3.63) is 41.0 Å². The smallest absolute Gasteiger partial charge is 0.211 e. The molecule has 1 N–H and O–H groups in total. The van der Waals surface area contributed by atoms with Crippen molar-refractivity contribution in [3.63, 3.8) is 0 Å². The molecule has 1 aromatic carbocycles. The van der Waals surface area contributed by atoms with Gasteiger partial charge in [-0.1, -0.05) is 0 Å². The molecule has 7 nitrogen and oxygen atoms in total. The van der Waals surface area contributed by atoms with Crippen molar-refractivity contribution in [2.45, 2.75) is 0 Å². The maximum Gasteiger partial charge on any atom is 0.211 e. The van der Waals surface area contributed by atoms with Gasteiger partial charge in [0, 0.05) is 47.8 Å². The van der Waals surface area contributed by atoms with Gasteiger partial charge in [0.1, 0.15) is 11.4 Å². The number of methoxy groups -OCH3 is 1. The molecular weight excluding hydrogens is 444 g/mol. The van der Waals surface area contributed by atoms with Gasteiger partial charge in [0.2, 0.25) is 10.0 Å². The molecule has 9 heteroatoms. The number of anilines is 1. The second-order valence-corrected chi connectivity index (χ2v) is 9.67. The average molecular weight is 465 g/mol. The Morgan fingerprint density at radius 1 is 1.14 bits per heavy atom. The Labute approximate surface area is 172 Å². The van der Waals surface area contributed by atoms with Gasteiger partial charge in [-0.25, -0.2) is 13.4 Å². The molecule has 1 saturated heterocycles. The number of nitrogens with one attached hydrogen (secondary N) is 1. The molecule has 0 amide bonds. The molecule has 28 heavy (non-hydrogen) atoms. The predicted molar refractivity (Wildman–Crippen MR) is 114 cm³/mol. The van der Waals surface area contributed by atoms with Gasteiger partial charge in [-0.15, -0.1) is 0 Å². The predicted octanol–water partition coefficient (Wildman–Crippen LogP) is 3.08. The first kappa shape index (κ1) is 19.2. The largest absolute Gasteiger partial charge is 0.497 e. The van der Waals surface area contributed by atoms with Crippen LogP contribution in [-0.4, -0.2) is 62.2 Å². The van der Waals surface area contributed by atoms with E-state index < -0.39 is 10.0 Å². The molecule has 0 spiro atoms. The first-order valence-electron chi connectivity index (χ1n) is 8.88. The number of pyridine rings is 1. The SMILES string of the molecule is COc1ccc(-c2[nH]c3ncc(Br)cc3c2N2CCN(S(C)(=O)=O)CC2)cc1. The number of H-pyrrole nitrogens is 1. The summed E-state index contributed by atoms with van der Waals surface area (Å²) in [6, 6.07) is 9.92. The number of ether oxygens (including phenoxy) is 1. The van der Waals surface area contributed by atoms with Crippen molar-refractivity contribution in [1.82, 2.24) is 14.3 Å². The van der Waals surface area contributed by atoms with Crippen molar-refractivity contribution in [2.75, 3.05) is 44.4 Å². The number of halogens is 1. The summed E-state index contributed by atoms with van der Waals surface area (Å²) in [7, 11) is -1.53. The van der Waals surface area contributed by atoms with E-state index in [0.29, 0.717) is 26.2 Å². The lowest BCUT2D eigenvalue weighted by Crippen LogP contribution is -2.48. The highest BCUT2D eigenvalue weighted by molar-refractivity contribution is 9.10. The molecular formula is C19H21BrN4O3S. The highest BCUT2D eigenvalue weighted by atomic mass is 79.9. The van der Waals surface area contributed by atoms with Crippen molar-refractivity contribution < 1.29 is 13.2 Å². The fraction of sp³-hybridized carbons (Fsp3) is 0.316. The zero-order chi connectivity index (χ0) is 19.9. The van der Waals surface area contributed by atoms with Crippen LogP contribution in [0.5, 0.6) is 5.75 Å². The van der Waals surface area contributed by atoms with Crippen molar-refractivity contribution in [1.29, 1.82) is 0 Å². The number of aromatic amines is 1. The Bertz CT molecular complexity index is 1100. The lowest BCUT2D eigenvalue weighted by Gasteiger charge is -2.35. The standard InChI is InChI=1S/C19H21BrN4O3S/c1-27-15-5-3-13(4-6-15)17-18(16-11-14(20)12-21-19(16)22-17)23-7-9-24(10-8-23)28(2,25)26/h3-6,11-12H,7-10H2,1-2H3,(H,21,22). The first-order chi connectivity index (χ1) is 13.4. The highest BCUT2D eigenvalue weighted by Gasteiger charge is 2.27. The van der Waals surface area contributed by atoms with Crippen LogP contribution >= 0.6 is 15.9 Å². The van der Waals surface area contributed by atoms with Gasteiger partial charge in [0.15, 0.2) is 0 Å². The van der Waals surface area contributed by atoms with Crippen LogP contribution in [0.4, 0.5) is 5.69 Å². The van der Waals surface area contributed by atoms with Gasteiger partial charge in [-0.2, -0.15) is 4.31 Å². The van der Waals surface area contributed by atoms with Gasteiger partial charge in [-0.3, -0.25) is 0 Å². The van der Waals surface area contributed by atoms with E-state index in [1.54, 1.807) is 13.3 Å². The Morgan fingerprint density at radius 2 is 1.82 bits per heavy atom. The summed E-state index contributed by atoms with van der Waals surface area (Å²) in [6.07, 6.45) is 3.03. The molecule has 1 fully saturated rings. The fourth-order valence-electron chi connectivity index (χ4n) is 3.57. The van der Waals surface area contributed by atoms with Crippen LogP contribution in [0.15, 0.2) is 41.0 Å². The Morgan fingerprint density at radius 3 is 2.43 bits per heavy atom. The minimum absolute atomic E-state index is 0.467. The number of piperazine rings is 1. The summed E-state index contributed by atoms with van der Waals surface area (Å²) in [6.45, 7) is 2.18.